The lowest BCUT2D eigenvalue weighted by molar-refractivity contribution is 0.0952. The molecule has 0 atom stereocenters. The third kappa shape index (κ3) is 5.71. The van der Waals surface area contributed by atoms with E-state index in [9.17, 15) is 13.2 Å². The Hall–Kier alpha value is -1.40. The number of hydrogen-bond acceptors (Lipinski definition) is 4. The maximum Gasteiger partial charge on any atom is 0.251 e. The first-order chi connectivity index (χ1) is 9.45. The number of carbonyl (C=O) groups excluding carboxylic acids is 1. The van der Waals surface area contributed by atoms with Crippen molar-refractivity contribution in [2.45, 2.75) is 30.6 Å². The van der Waals surface area contributed by atoms with Crippen LogP contribution in [0.4, 0.5) is 0 Å². The van der Waals surface area contributed by atoms with E-state index in [1.807, 2.05) is 0 Å². The largest absolute Gasteiger partial charge is 0.396 e. The number of amides is 1. The predicted octanol–water partition coefficient (Wildman–Crippen LogP) is 1.37. The van der Waals surface area contributed by atoms with Gasteiger partial charge in [-0.25, -0.2) is 8.42 Å². The van der Waals surface area contributed by atoms with Crippen molar-refractivity contribution >= 4 is 15.7 Å². The van der Waals surface area contributed by atoms with Gasteiger partial charge in [0.2, 0.25) is 0 Å². The number of benzene rings is 1. The molecule has 0 unspecified atom stereocenters. The fourth-order valence-electron chi connectivity index (χ4n) is 1.75. The van der Waals surface area contributed by atoms with E-state index in [0.29, 0.717) is 12.1 Å². The highest BCUT2D eigenvalue weighted by Gasteiger charge is 2.09. The van der Waals surface area contributed by atoms with Crippen molar-refractivity contribution in [2.75, 3.05) is 19.4 Å². The van der Waals surface area contributed by atoms with Crippen LogP contribution in [0.15, 0.2) is 29.2 Å². The molecule has 0 saturated carbocycles. The summed E-state index contributed by atoms with van der Waals surface area (Å²) in [4.78, 5) is 12.0. The van der Waals surface area contributed by atoms with Crippen LogP contribution in [-0.4, -0.2) is 38.8 Å². The first kappa shape index (κ1) is 16.7. The summed E-state index contributed by atoms with van der Waals surface area (Å²) in [5, 5.41) is 11.4. The maximum absolute atomic E-state index is 11.8. The zero-order valence-corrected chi connectivity index (χ0v) is 12.4. The van der Waals surface area contributed by atoms with Gasteiger partial charge in [0, 0.05) is 25.0 Å². The fraction of sp³-hybridized carbons (Fsp3) is 0.500. The fourth-order valence-corrected chi connectivity index (χ4v) is 2.38. The van der Waals surface area contributed by atoms with Gasteiger partial charge in [-0.15, -0.1) is 0 Å². The van der Waals surface area contributed by atoms with Crippen LogP contribution in [0.1, 0.15) is 36.0 Å². The molecule has 6 heteroatoms. The third-order valence-electron chi connectivity index (χ3n) is 2.92. The molecule has 0 radical (unpaired) electrons. The number of aliphatic hydroxyl groups is 1. The smallest absolute Gasteiger partial charge is 0.251 e. The quantitative estimate of drug-likeness (QED) is 0.710. The van der Waals surface area contributed by atoms with Crippen molar-refractivity contribution in [3.63, 3.8) is 0 Å². The van der Waals surface area contributed by atoms with E-state index in [2.05, 4.69) is 5.32 Å². The molecule has 1 rings (SSSR count). The van der Waals surface area contributed by atoms with Crippen LogP contribution in [0.3, 0.4) is 0 Å². The first-order valence-electron chi connectivity index (χ1n) is 6.64. The molecule has 2 N–H and O–H groups in total. The molecule has 0 aliphatic rings. The Morgan fingerprint density at radius 1 is 1.10 bits per heavy atom. The van der Waals surface area contributed by atoms with Crippen molar-refractivity contribution in [2.24, 2.45) is 0 Å². The van der Waals surface area contributed by atoms with E-state index >= 15 is 0 Å². The summed E-state index contributed by atoms with van der Waals surface area (Å²) in [6, 6.07) is 5.89. The Morgan fingerprint density at radius 3 is 2.25 bits per heavy atom. The molecular formula is C14H21NO4S. The Morgan fingerprint density at radius 2 is 1.70 bits per heavy atom. The van der Waals surface area contributed by atoms with Crippen molar-refractivity contribution in [1.29, 1.82) is 0 Å². The molecule has 0 heterocycles. The minimum Gasteiger partial charge on any atom is -0.396 e. The lowest BCUT2D eigenvalue weighted by Crippen LogP contribution is -2.24. The van der Waals surface area contributed by atoms with Crippen molar-refractivity contribution < 1.29 is 18.3 Å². The predicted molar refractivity (Wildman–Crippen MR) is 77.4 cm³/mol. The van der Waals surface area contributed by atoms with E-state index in [0.717, 1.165) is 31.9 Å². The highest BCUT2D eigenvalue weighted by atomic mass is 32.2. The SMILES string of the molecule is CS(=O)(=O)c1ccc(C(=O)NCCCCCCO)cc1. The Bertz CT molecular complexity index is 523. The second-order valence-electron chi connectivity index (χ2n) is 4.69. The molecule has 20 heavy (non-hydrogen) atoms. The molecule has 112 valence electrons. The summed E-state index contributed by atoms with van der Waals surface area (Å²) in [7, 11) is -3.23. The van der Waals surface area contributed by atoms with Gasteiger partial charge < -0.3 is 10.4 Å². The average molecular weight is 299 g/mol. The molecule has 1 amide bonds. The van der Waals surface area contributed by atoms with Crippen LogP contribution in [0.5, 0.6) is 0 Å². The lowest BCUT2D eigenvalue weighted by Gasteiger charge is -2.06. The maximum atomic E-state index is 11.8. The highest BCUT2D eigenvalue weighted by Crippen LogP contribution is 2.10. The van der Waals surface area contributed by atoms with Gasteiger partial charge >= 0.3 is 0 Å². The van der Waals surface area contributed by atoms with Crippen molar-refractivity contribution in [1.82, 2.24) is 5.32 Å². The number of rotatable bonds is 8. The monoisotopic (exact) mass is 299 g/mol. The number of aliphatic hydroxyl groups excluding tert-OH is 1. The number of sulfone groups is 1. The molecule has 0 aliphatic heterocycles. The van der Waals surface area contributed by atoms with E-state index in [1.54, 1.807) is 0 Å². The highest BCUT2D eigenvalue weighted by molar-refractivity contribution is 7.90. The zero-order valence-electron chi connectivity index (χ0n) is 11.6. The zero-order chi connectivity index (χ0) is 15.0. The molecule has 0 aliphatic carbocycles. The van der Waals surface area contributed by atoms with Gasteiger partial charge in [-0.1, -0.05) is 12.8 Å². The van der Waals surface area contributed by atoms with Crippen molar-refractivity contribution in [3.05, 3.63) is 29.8 Å². The second-order valence-corrected chi connectivity index (χ2v) is 6.71. The number of nitrogens with one attached hydrogen (secondary N) is 1. The molecule has 0 aromatic heterocycles. The average Bonchev–Trinajstić information content (AvgIpc) is 2.41. The number of unbranched alkanes of at least 4 members (excludes halogenated alkanes) is 3. The first-order valence-corrected chi connectivity index (χ1v) is 8.53. The van der Waals surface area contributed by atoms with Gasteiger partial charge in [-0.3, -0.25) is 4.79 Å². The Kier molecular flexibility index (Phi) is 6.67. The van der Waals surface area contributed by atoms with Crippen LogP contribution in [0.2, 0.25) is 0 Å². The van der Waals surface area contributed by atoms with E-state index in [1.165, 1.54) is 24.3 Å². The van der Waals surface area contributed by atoms with Crippen LogP contribution in [0, 0.1) is 0 Å². The van der Waals surface area contributed by atoms with Crippen molar-refractivity contribution in [3.8, 4) is 0 Å². The molecule has 1 aromatic rings. The molecule has 1 aromatic carbocycles. The Balaban J connectivity index is 2.40. The van der Waals surface area contributed by atoms with Crippen LogP contribution < -0.4 is 5.32 Å². The van der Waals surface area contributed by atoms with Gasteiger partial charge in [0.25, 0.3) is 5.91 Å². The summed E-state index contributed by atoms with van der Waals surface area (Å²) in [6.07, 6.45) is 4.71. The molecule has 0 fully saturated rings. The molecule has 5 nitrogen and oxygen atoms in total. The molecule has 0 spiro atoms. The number of carbonyl (C=O) groups is 1. The summed E-state index contributed by atoms with van der Waals surface area (Å²) < 4.78 is 22.6. The van der Waals surface area contributed by atoms with E-state index in [-0.39, 0.29) is 17.4 Å². The van der Waals surface area contributed by atoms with E-state index < -0.39 is 9.84 Å². The number of hydrogen-bond donors (Lipinski definition) is 2. The summed E-state index contributed by atoms with van der Waals surface area (Å²) in [5.74, 6) is -0.202. The van der Waals surface area contributed by atoms with Crippen LogP contribution in [-0.2, 0) is 9.84 Å². The van der Waals surface area contributed by atoms with Gasteiger partial charge in [0.05, 0.1) is 4.90 Å². The molecule has 0 bridgehead atoms. The Labute approximate surface area is 119 Å². The normalized spacial score (nSPS) is 11.3. The second kappa shape index (κ2) is 8.01. The summed E-state index contributed by atoms with van der Waals surface area (Å²) in [6.45, 7) is 0.789. The van der Waals surface area contributed by atoms with Crippen LogP contribution in [0.25, 0.3) is 0 Å². The van der Waals surface area contributed by atoms with Gasteiger partial charge in [0.15, 0.2) is 9.84 Å². The third-order valence-corrected chi connectivity index (χ3v) is 4.04. The van der Waals surface area contributed by atoms with Gasteiger partial charge in [-0.2, -0.15) is 0 Å². The molecule has 0 saturated heterocycles. The van der Waals surface area contributed by atoms with Gasteiger partial charge in [0.1, 0.15) is 0 Å². The summed E-state index contributed by atoms with van der Waals surface area (Å²) >= 11 is 0. The minimum absolute atomic E-state index is 0.202. The lowest BCUT2D eigenvalue weighted by atomic mass is 10.2. The summed E-state index contributed by atoms with van der Waals surface area (Å²) in [5.41, 5.74) is 0.452. The van der Waals surface area contributed by atoms with Crippen LogP contribution >= 0.6 is 0 Å². The van der Waals surface area contributed by atoms with Gasteiger partial charge in [-0.05, 0) is 37.1 Å². The molecular weight excluding hydrogens is 278 g/mol. The van der Waals surface area contributed by atoms with E-state index in [4.69, 9.17) is 5.11 Å². The standard InChI is InChI=1S/C14H21NO4S/c1-20(18,19)13-8-6-12(7-9-13)14(17)15-10-4-2-3-5-11-16/h6-9,16H,2-5,10-11H2,1H3,(H,15,17). The topological polar surface area (TPSA) is 83.5 Å². The minimum atomic E-state index is -3.23.